The molecular formula is C11H20FNO. The highest BCUT2D eigenvalue weighted by Crippen LogP contribution is 2.46. The van der Waals surface area contributed by atoms with Crippen LogP contribution in [0.1, 0.15) is 25.7 Å². The minimum Gasteiger partial charge on any atom is -0.396 e. The van der Waals surface area contributed by atoms with Gasteiger partial charge in [-0.3, -0.25) is 4.39 Å². The zero-order chi connectivity index (χ0) is 10.0. The van der Waals surface area contributed by atoms with Crippen molar-refractivity contribution in [2.45, 2.75) is 25.7 Å². The van der Waals surface area contributed by atoms with Gasteiger partial charge in [0.25, 0.3) is 0 Å². The summed E-state index contributed by atoms with van der Waals surface area (Å²) in [7, 11) is 0. The van der Waals surface area contributed by atoms with Gasteiger partial charge in [0, 0.05) is 18.6 Å². The molecule has 2 aliphatic rings. The first-order chi connectivity index (χ1) is 6.78. The van der Waals surface area contributed by atoms with Gasteiger partial charge < -0.3 is 10.0 Å². The highest BCUT2D eigenvalue weighted by Gasteiger charge is 2.43. The topological polar surface area (TPSA) is 23.5 Å². The number of piperidine rings is 1. The Morgan fingerprint density at radius 2 is 1.93 bits per heavy atom. The van der Waals surface area contributed by atoms with Crippen LogP contribution in [-0.2, 0) is 0 Å². The van der Waals surface area contributed by atoms with E-state index in [9.17, 15) is 9.50 Å². The van der Waals surface area contributed by atoms with E-state index in [1.807, 2.05) is 0 Å². The lowest BCUT2D eigenvalue weighted by Crippen LogP contribution is -2.39. The van der Waals surface area contributed by atoms with Crippen molar-refractivity contribution in [1.82, 2.24) is 4.90 Å². The lowest BCUT2D eigenvalue weighted by Gasteiger charge is -2.33. The van der Waals surface area contributed by atoms with Crippen LogP contribution in [0.25, 0.3) is 0 Å². The number of aliphatic hydroxyl groups is 1. The van der Waals surface area contributed by atoms with Crippen LogP contribution in [0.3, 0.4) is 0 Å². The monoisotopic (exact) mass is 201 g/mol. The Hall–Kier alpha value is -0.150. The summed E-state index contributed by atoms with van der Waals surface area (Å²) in [5, 5.41) is 9.20. The summed E-state index contributed by atoms with van der Waals surface area (Å²) in [5.74, 6) is 0.301. The molecule has 0 amide bonds. The fourth-order valence-electron chi connectivity index (χ4n) is 2.32. The fourth-order valence-corrected chi connectivity index (χ4v) is 2.32. The molecule has 2 rings (SSSR count). The average Bonchev–Trinajstić information content (AvgIpc) is 3.00. The molecule has 82 valence electrons. The summed E-state index contributed by atoms with van der Waals surface area (Å²) in [6.07, 6.45) is 4.34. The number of likely N-dealkylation sites (tertiary alicyclic amines) is 1. The standard InChI is InChI=1S/C11H20FNO/c12-7-10-1-5-13(6-2-10)8-11(9-14)3-4-11/h10,14H,1-9H2. The molecule has 0 atom stereocenters. The van der Waals surface area contributed by atoms with Crippen molar-refractivity contribution in [3.8, 4) is 0 Å². The largest absolute Gasteiger partial charge is 0.396 e. The van der Waals surface area contributed by atoms with Crippen molar-refractivity contribution >= 4 is 0 Å². The summed E-state index contributed by atoms with van der Waals surface area (Å²) in [6.45, 7) is 3.25. The van der Waals surface area contributed by atoms with Crippen LogP contribution in [0.5, 0.6) is 0 Å². The molecular weight excluding hydrogens is 181 g/mol. The molecule has 0 bridgehead atoms. The van der Waals surface area contributed by atoms with E-state index in [4.69, 9.17) is 0 Å². The lowest BCUT2D eigenvalue weighted by molar-refractivity contribution is 0.110. The summed E-state index contributed by atoms with van der Waals surface area (Å²) in [5.41, 5.74) is 0.225. The van der Waals surface area contributed by atoms with E-state index in [1.165, 1.54) is 12.8 Å². The van der Waals surface area contributed by atoms with E-state index in [0.717, 1.165) is 32.5 Å². The van der Waals surface area contributed by atoms with E-state index in [-0.39, 0.29) is 12.1 Å². The molecule has 1 aliphatic carbocycles. The normalized spacial score (nSPS) is 27.9. The number of halogens is 1. The van der Waals surface area contributed by atoms with Crippen molar-refractivity contribution in [3.05, 3.63) is 0 Å². The number of hydrogen-bond acceptors (Lipinski definition) is 2. The van der Waals surface area contributed by atoms with Crippen LogP contribution < -0.4 is 0 Å². The molecule has 0 aromatic carbocycles. The van der Waals surface area contributed by atoms with Crippen molar-refractivity contribution in [2.75, 3.05) is 32.9 Å². The molecule has 0 aromatic heterocycles. The van der Waals surface area contributed by atoms with E-state index in [0.29, 0.717) is 12.5 Å². The highest BCUT2D eigenvalue weighted by atomic mass is 19.1. The van der Waals surface area contributed by atoms with E-state index >= 15 is 0 Å². The molecule has 0 radical (unpaired) electrons. The smallest absolute Gasteiger partial charge is 0.0923 e. The van der Waals surface area contributed by atoms with Gasteiger partial charge in [-0.05, 0) is 44.7 Å². The quantitative estimate of drug-likeness (QED) is 0.744. The Morgan fingerprint density at radius 3 is 2.36 bits per heavy atom. The van der Waals surface area contributed by atoms with Crippen molar-refractivity contribution in [2.24, 2.45) is 11.3 Å². The number of rotatable bonds is 4. The Balaban J connectivity index is 1.73. The second-order valence-corrected chi connectivity index (χ2v) is 5.03. The number of nitrogens with zero attached hydrogens (tertiary/aromatic N) is 1. The second-order valence-electron chi connectivity index (χ2n) is 5.03. The Labute approximate surface area is 85.1 Å². The van der Waals surface area contributed by atoms with Crippen LogP contribution >= 0.6 is 0 Å². The van der Waals surface area contributed by atoms with Gasteiger partial charge in [-0.25, -0.2) is 0 Å². The van der Waals surface area contributed by atoms with Crippen molar-refractivity contribution < 1.29 is 9.50 Å². The molecule has 1 aliphatic heterocycles. The number of hydrogen-bond donors (Lipinski definition) is 1. The average molecular weight is 201 g/mol. The Morgan fingerprint density at radius 1 is 1.29 bits per heavy atom. The van der Waals surface area contributed by atoms with Gasteiger partial charge in [0.2, 0.25) is 0 Å². The predicted molar refractivity (Wildman–Crippen MR) is 53.9 cm³/mol. The van der Waals surface area contributed by atoms with Crippen molar-refractivity contribution in [1.29, 1.82) is 0 Å². The molecule has 2 nitrogen and oxygen atoms in total. The highest BCUT2D eigenvalue weighted by molar-refractivity contribution is 4.95. The molecule has 1 saturated carbocycles. The Kier molecular flexibility index (Phi) is 3.07. The van der Waals surface area contributed by atoms with Gasteiger partial charge in [0.15, 0.2) is 0 Å². The molecule has 1 heterocycles. The third-order valence-corrected chi connectivity index (χ3v) is 3.78. The van der Waals surface area contributed by atoms with Crippen LogP contribution in [0, 0.1) is 11.3 Å². The molecule has 0 spiro atoms. The third-order valence-electron chi connectivity index (χ3n) is 3.78. The predicted octanol–water partition coefficient (Wildman–Crippen LogP) is 1.44. The molecule has 0 aromatic rings. The van der Waals surface area contributed by atoms with E-state index < -0.39 is 0 Å². The first kappa shape index (κ1) is 10.4. The van der Waals surface area contributed by atoms with Crippen LogP contribution in [0.2, 0.25) is 0 Å². The maximum atomic E-state index is 12.4. The molecule has 1 N–H and O–H groups in total. The first-order valence-electron chi connectivity index (χ1n) is 5.67. The number of alkyl halides is 1. The second kappa shape index (κ2) is 4.15. The van der Waals surface area contributed by atoms with Gasteiger partial charge in [0.05, 0.1) is 6.67 Å². The zero-order valence-electron chi connectivity index (χ0n) is 8.71. The van der Waals surface area contributed by atoms with Gasteiger partial charge >= 0.3 is 0 Å². The number of aliphatic hydroxyl groups excluding tert-OH is 1. The van der Waals surface area contributed by atoms with Crippen LogP contribution in [0.4, 0.5) is 4.39 Å². The van der Waals surface area contributed by atoms with Gasteiger partial charge in [0.1, 0.15) is 0 Å². The fraction of sp³-hybridized carbons (Fsp3) is 1.00. The van der Waals surface area contributed by atoms with Crippen LogP contribution in [0.15, 0.2) is 0 Å². The minimum atomic E-state index is -0.154. The van der Waals surface area contributed by atoms with Crippen LogP contribution in [-0.4, -0.2) is 42.9 Å². The van der Waals surface area contributed by atoms with Crippen molar-refractivity contribution in [3.63, 3.8) is 0 Å². The molecule has 1 saturated heterocycles. The minimum absolute atomic E-state index is 0.154. The maximum absolute atomic E-state index is 12.4. The lowest BCUT2D eigenvalue weighted by atomic mass is 9.97. The summed E-state index contributed by atoms with van der Waals surface area (Å²) in [4.78, 5) is 2.40. The molecule has 2 fully saturated rings. The third kappa shape index (κ3) is 2.26. The zero-order valence-corrected chi connectivity index (χ0v) is 8.71. The first-order valence-corrected chi connectivity index (χ1v) is 5.67. The van der Waals surface area contributed by atoms with Gasteiger partial charge in [-0.1, -0.05) is 0 Å². The summed E-state index contributed by atoms with van der Waals surface area (Å²) in [6, 6.07) is 0. The van der Waals surface area contributed by atoms with E-state index in [1.54, 1.807) is 0 Å². The summed E-state index contributed by atoms with van der Waals surface area (Å²) >= 11 is 0. The summed E-state index contributed by atoms with van der Waals surface area (Å²) < 4.78 is 12.4. The Bertz CT molecular complexity index is 186. The maximum Gasteiger partial charge on any atom is 0.0923 e. The molecule has 14 heavy (non-hydrogen) atoms. The van der Waals surface area contributed by atoms with Gasteiger partial charge in [-0.2, -0.15) is 0 Å². The van der Waals surface area contributed by atoms with Gasteiger partial charge in [-0.15, -0.1) is 0 Å². The molecule has 0 unspecified atom stereocenters. The molecule has 3 heteroatoms. The van der Waals surface area contributed by atoms with E-state index in [2.05, 4.69) is 4.90 Å². The SMILES string of the molecule is OCC1(CN2CCC(CF)CC2)CC1.